The molecule has 162 valence electrons. The summed E-state index contributed by atoms with van der Waals surface area (Å²) in [5, 5.41) is 14.1. The molecule has 1 aromatic heterocycles. The Bertz CT molecular complexity index is 1010. The fourth-order valence-corrected chi connectivity index (χ4v) is 4.58. The summed E-state index contributed by atoms with van der Waals surface area (Å²) in [6, 6.07) is 7.08. The smallest absolute Gasteiger partial charge is 0.296 e. The van der Waals surface area contributed by atoms with Crippen molar-refractivity contribution in [1.29, 1.82) is 0 Å². The van der Waals surface area contributed by atoms with Crippen LogP contribution in [0.1, 0.15) is 13.8 Å². The molecule has 0 saturated carbocycles. The number of carbonyl (C=O) groups excluding carboxylic acids is 1. The van der Waals surface area contributed by atoms with Gasteiger partial charge in [-0.3, -0.25) is 14.9 Å². The van der Waals surface area contributed by atoms with Crippen LogP contribution in [0.25, 0.3) is 0 Å². The quantitative estimate of drug-likeness (QED) is 0.329. The molecule has 2 aromatic rings. The van der Waals surface area contributed by atoms with Crippen LogP contribution in [-0.2, 0) is 14.8 Å². The number of hydrogen-bond acceptors (Lipinski definition) is 8. The van der Waals surface area contributed by atoms with Crippen LogP contribution in [0.15, 0.2) is 46.5 Å². The number of anilines is 1. The summed E-state index contributed by atoms with van der Waals surface area (Å²) in [7, 11) is -2.21. The van der Waals surface area contributed by atoms with Crippen molar-refractivity contribution < 1.29 is 22.9 Å². The summed E-state index contributed by atoms with van der Waals surface area (Å²) in [5.41, 5.74) is -0.225. The number of benzene rings is 1. The number of nitrogens with one attached hydrogen (secondary N) is 1. The van der Waals surface area contributed by atoms with Crippen molar-refractivity contribution in [2.45, 2.75) is 23.8 Å². The number of methoxy groups -OCH3 is 1. The summed E-state index contributed by atoms with van der Waals surface area (Å²) in [6.07, 6.45) is 1.25. The second kappa shape index (κ2) is 10.4. The lowest BCUT2D eigenvalue weighted by atomic mass is 10.2. The van der Waals surface area contributed by atoms with E-state index in [1.165, 1.54) is 47.9 Å². The van der Waals surface area contributed by atoms with Gasteiger partial charge in [0.1, 0.15) is 16.3 Å². The summed E-state index contributed by atoms with van der Waals surface area (Å²) >= 11 is 1.08. The Labute approximate surface area is 178 Å². The fourth-order valence-electron chi connectivity index (χ4n) is 2.54. The molecule has 0 fully saturated rings. The van der Waals surface area contributed by atoms with E-state index in [9.17, 15) is 23.3 Å². The summed E-state index contributed by atoms with van der Waals surface area (Å²) in [5.74, 6) is -0.217. The number of nitro groups is 1. The molecule has 0 aliphatic heterocycles. The fraction of sp³-hybridized carbons (Fsp3) is 0.333. The molecule has 30 heavy (non-hydrogen) atoms. The van der Waals surface area contributed by atoms with Gasteiger partial charge >= 0.3 is 0 Å². The topological polar surface area (TPSA) is 132 Å². The van der Waals surface area contributed by atoms with E-state index in [4.69, 9.17) is 4.74 Å². The highest BCUT2D eigenvalue weighted by Crippen LogP contribution is 2.29. The van der Waals surface area contributed by atoms with Gasteiger partial charge in [-0.1, -0.05) is 25.6 Å². The Morgan fingerprint density at radius 1 is 1.27 bits per heavy atom. The number of thioether (sulfide) groups is 1. The van der Waals surface area contributed by atoms with E-state index in [-0.39, 0.29) is 22.0 Å². The summed E-state index contributed by atoms with van der Waals surface area (Å²) in [6.45, 7) is 4.22. The van der Waals surface area contributed by atoms with Gasteiger partial charge in [0.05, 0.1) is 28.9 Å². The minimum Gasteiger partial charge on any atom is -0.496 e. The Morgan fingerprint density at radius 2 is 1.97 bits per heavy atom. The number of hydrogen-bond donors (Lipinski definition) is 1. The van der Waals surface area contributed by atoms with Crippen molar-refractivity contribution in [3.05, 3.63) is 46.6 Å². The predicted molar refractivity (Wildman–Crippen MR) is 113 cm³/mol. The Kier molecular flexibility index (Phi) is 8.15. The summed E-state index contributed by atoms with van der Waals surface area (Å²) in [4.78, 5) is 26.9. The first-order chi connectivity index (χ1) is 14.2. The van der Waals surface area contributed by atoms with E-state index in [0.717, 1.165) is 11.8 Å². The van der Waals surface area contributed by atoms with Crippen molar-refractivity contribution in [3.63, 3.8) is 0 Å². The average molecular weight is 455 g/mol. The molecule has 12 heteroatoms. The van der Waals surface area contributed by atoms with E-state index >= 15 is 0 Å². The first-order valence-corrected chi connectivity index (χ1v) is 11.4. The number of ether oxygens (including phenoxy) is 1. The molecular weight excluding hydrogens is 432 g/mol. The van der Waals surface area contributed by atoms with Gasteiger partial charge in [0, 0.05) is 19.3 Å². The van der Waals surface area contributed by atoms with Gasteiger partial charge in [-0.15, -0.1) is 0 Å². The van der Waals surface area contributed by atoms with E-state index < -0.39 is 20.9 Å². The van der Waals surface area contributed by atoms with Crippen molar-refractivity contribution in [2.75, 3.05) is 31.3 Å². The van der Waals surface area contributed by atoms with Gasteiger partial charge in [0.2, 0.25) is 15.9 Å². The maximum atomic E-state index is 12.5. The molecule has 0 radical (unpaired) electrons. The number of sulfonamides is 1. The average Bonchev–Trinajstić information content (AvgIpc) is 2.73. The number of amides is 1. The van der Waals surface area contributed by atoms with E-state index in [2.05, 4.69) is 10.3 Å². The third kappa shape index (κ3) is 5.68. The van der Waals surface area contributed by atoms with Crippen LogP contribution in [0.4, 0.5) is 11.4 Å². The molecule has 2 rings (SSSR count). The van der Waals surface area contributed by atoms with Gasteiger partial charge in [0.15, 0.2) is 0 Å². The molecular formula is C18H22N4O6S2. The molecule has 0 atom stereocenters. The van der Waals surface area contributed by atoms with Crippen molar-refractivity contribution in [3.8, 4) is 5.75 Å². The summed E-state index contributed by atoms with van der Waals surface area (Å²) < 4.78 is 31.2. The van der Waals surface area contributed by atoms with Crippen LogP contribution in [0, 0.1) is 10.1 Å². The zero-order valence-corrected chi connectivity index (χ0v) is 18.3. The Balaban J connectivity index is 2.03. The third-order valence-electron chi connectivity index (χ3n) is 4.08. The van der Waals surface area contributed by atoms with Crippen molar-refractivity contribution in [2.24, 2.45) is 0 Å². The maximum absolute atomic E-state index is 12.5. The first kappa shape index (κ1) is 23.6. The molecule has 10 nitrogen and oxygen atoms in total. The normalized spacial score (nSPS) is 11.3. The lowest BCUT2D eigenvalue weighted by molar-refractivity contribution is -0.384. The van der Waals surface area contributed by atoms with Gasteiger partial charge in [-0.25, -0.2) is 13.4 Å². The number of nitro benzene ring substituents is 1. The van der Waals surface area contributed by atoms with Crippen LogP contribution >= 0.6 is 11.8 Å². The molecule has 0 saturated heterocycles. The molecule has 0 aliphatic carbocycles. The molecule has 1 aromatic carbocycles. The van der Waals surface area contributed by atoms with Gasteiger partial charge < -0.3 is 10.1 Å². The Morgan fingerprint density at radius 3 is 2.50 bits per heavy atom. The molecule has 1 amide bonds. The number of pyridine rings is 1. The van der Waals surface area contributed by atoms with Crippen molar-refractivity contribution in [1.82, 2.24) is 9.29 Å². The highest BCUT2D eigenvalue weighted by Gasteiger charge is 2.22. The molecule has 1 heterocycles. The monoisotopic (exact) mass is 454 g/mol. The largest absolute Gasteiger partial charge is 0.496 e. The first-order valence-electron chi connectivity index (χ1n) is 8.94. The lowest BCUT2D eigenvalue weighted by Gasteiger charge is -2.18. The van der Waals surface area contributed by atoms with Gasteiger partial charge in [0.25, 0.3) is 5.69 Å². The van der Waals surface area contributed by atoms with Crippen LogP contribution in [-0.4, -0.2) is 54.5 Å². The predicted octanol–water partition coefficient (Wildman–Crippen LogP) is 2.76. The highest BCUT2D eigenvalue weighted by atomic mass is 32.2. The van der Waals surface area contributed by atoms with Gasteiger partial charge in [-0.05, 0) is 24.3 Å². The Hall–Kier alpha value is -2.70. The lowest BCUT2D eigenvalue weighted by Crippen LogP contribution is -2.30. The van der Waals surface area contributed by atoms with E-state index in [1.807, 2.05) is 0 Å². The highest BCUT2D eigenvalue weighted by molar-refractivity contribution is 7.99. The minimum absolute atomic E-state index is 0.0556. The van der Waals surface area contributed by atoms with Crippen LogP contribution in [0.5, 0.6) is 5.75 Å². The van der Waals surface area contributed by atoms with E-state index in [0.29, 0.717) is 23.9 Å². The second-order valence-electron chi connectivity index (χ2n) is 5.90. The molecule has 0 bridgehead atoms. The second-order valence-corrected chi connectivity index (χ2v) is 8.83. The maximum Gasteiger partial charge on any atom is 0.296 e. The van der Waals surface area contributed by atoms with E-state index in [1.54, 1.807) is 13.8 Å². The van der Waals surface area contributed by atoms with Crippen LogP contribution in [0.2, 0.25) is 0 Å². The minimum atomic E-state index is -3.60. The molecule has 0 aliphatic rings. The molecule has 1 N–H and O–H groups in total. The zero-order chi connectivity index (χ0) is 22.3. The van der Waals surface area contributed by atoms with Gasteiger partial charge in [-0.2, -0.15) is 4.31 Å². The molecule has 0 spiro atoms. The number of nitrogens with zero attached hydrogens (tertiary/aromatic N) is 3. The van der Waals surface area contributed by atoms with Crippen molar-refractivity contribution >= 4 is 39.1 Å². The van der Waals surface area contributed by atoms with Crippen LogP contribution in [0.3, 0.4) is 0 Å². The molecule has 0 unspecified atom stereocenters. The number of rotatable bonds is 10. The zero-order valence-electron chi connectivity index (χ0n) is 16.7. The van der Waals surface area contributed by atoms with Crippen LogP contribution < -0.4 is 10.1 Å². The number of carbonyl (C=O) groups is 1. The standard InChI is InChI=1S/C18H22N4O6S2/c1-4-21(5-2)30(26,27)14-7-9-18(19-11-14)29-12-17(23)20-15-8-6-13(28-3)10-16(15)22(24)25/h6-11H,4-5,12H2,1-3H3,(H,20,23). The SMILES string of the molecule is CCN(CC)S(=O)(=O)c1ccc(SCC(=O)Nc2ccc(OC)cc2[N+](=O)[O-])nc1. The number of aromatic nitrogens is 1. The third-order valence-corrected chi connectivity index (χ3v) is 7.06.